The molecule has 2 aliphatic rings. The molecule has 10 heteroatoms. The van der Waals surface area contributed by atoms with Crippen LogP contribution >= 0.6 is 0 Å². The van der Waals surface area contributed by atoms with E-state index in [1.807, 2.05) is 0 Å². The predicted octanol–water partition coefficient (Wildman–Crippen LogP) is 2.02. The molecule has 7 nitrogen and oxygen atoms in total. The number of anilines is 1. The van der Waals surface area contributed by atoms with Crippen LogP contribution in [-0.4, -0.2) is 61.0 Å². The molecule has 3 N–H and O–H groups in total. The normalized spacial score (nSPS) is 22.9. The van der Waals surface area contributed by atoms with E-state index in [0.717, 1.165) is 38.4 Å². The van der Waals surface area contributed by atoms with E-state index in [0.29, 0.717) is 32.5 Å². The largest absolute Gasteiger partial charge is 0.419 e. The highest BCUT2D eigenvalue weighted by atomic mass is 19.4. The number of carbonyl (C=O) groups is 2. The molecule has 0 bridgehead atoms. The third-order valence-corrected chi connectivity index (χ3v) is 6.04. The minimum Gasteiger partial charge on any atom is -0.369 e. The maximum Gasteiger partial charge on any atom is 0.419 e. The molecular weight excluding hydrogens is 411 g/mol. The highest BCUT2D eigenvalue weighted by Crippen LogP contribution is 2.36. The van der Waals surface area contributed by atoms with Crippen molar-refractivity contribution in [1.82, 2.24) is 15.2 Å². The molecule has 2 fully saturated rings. The van der Waals surface area contributed by atoms with E-state index in [1.54, 1.807) is 4.90 Å². The van der Waals surface area contributed by atoms with Crippen LogP contribution in [-0.2, 0) is 15.8 Å². The van der Waals surface area contributed by atoms with Gasteiger partial charge >= 0.3 is 6.18 Å². The molecule has 2 atom stereocenters. The molecule has 0 spiro atoms. The summed E-state index contributed by atoms with van der Waals surface area (Å²) >= 11 is 0. The standard InChI is InChI=1S/C21H30F3N5O2/c22-21(23,24)17-7-1-8-26-19(17)29-12-3-6-16(14-29)20(31)27-9-4-11-28-10-2-5-15(13-28)18(25)30/h1,7-8,15-16H,2-6,9-14H2,(H2,25,30)(H,27,31). The third-order valence-electron chi connectivity index (χ3n) is 6.04. The van der Waals surface area contributed by atoms with Crippen LogP contribution in [0.3, 0.4) is 0 Å². The SMILES string of the molecule is NC(=O)C1CCCN(CCCNC(=O)C2CCCN(c3ncccc3C(F)(F)F)C2)C1. The van der Waals surface area contributed by atoms with E-state index in [9.17, 15) is 22.8 Å². The van der Waals surface area contributed by atoms with Gasteiger partial charge in [0.1, 0.15) is 5.82 Å². The number of amides is 2. The Labute approximate surface area is 180 Å². The van der Waals surface area contributed by atoms with Crippen molar-refractivity contribution in [3.8, 4) is 0 Å². The van der Waals surface area contributed by atoms with Crippen LogP contribution in [0.4, 0.5) is 19.0 Å². The molecule has 0 aliphatic carbocycles. The number of pyridine rings is 1. The predicted molar refractivity (Wildman–Crippen MR) is 110 cm³/mol. The molecule has 2 unspecified atom stereocenters. The van der Waals surface area contributed by atoms with Gasteiger partial charge in [0.05, 0.1) is 17.4 Å². The van der Waals surface area contributed by atoms with Gasteiger partial charge in [0.25, 0.3) is 0 Å². The van der Waals surface area contributed by atoms with E-state index in [-0.39, 0.29) is 36.0 Å². The van der Waals surface area contributed by atoms with E-state index in [1.165, 1.54) is 12.3 Å². The minimum absolute atomic E-state index is 0.107. The Hall–Kier alpha value is -2.36. The zero-order valence-electron chi connectivity index (χ0n) is 17.5. The van der Waals surface area contributed by atoms with Gasteiger partial charge in [0, 0.05) is 32.4 Å². The number of hydrogen-bond donors (Lipinski definition) is 2. The number of nitrogens with two attached hydrogens (primary N) is 1. The van der Waals surface area contributed by atoms with E-state index in [4.69, 9.17) is 5.73 Å². The summed E-state index contributed by atoms with van der Waals surface area (Å²) in [6.07, 6.45) is 0.639. The average molecular weight is 441 g/mol. The van der Waals surface area contributed by atoms with Crippen molar-refractivity contribution in [2.45, 2.75) is 38.3 Å². The molecule has 2 amide bonds. The summed E-state index contributed by atoms with van der Waals surface area (Å²) in [6.45, 7) is 3.50. The number of aromatic nitrogens is 1. The second-order valence-corrected chi connectivity index (χ2v) is 8.34. The topological polar surface area (TPSA) is 91.6 Å². The Morgan fingerprint density at radius 1 is 1.16 bits per heavy atom. The van der Waals surface area contributed by atoms with Gasteiger partial charge in [0.2, 0.25) is 11.8 Å². The van der Waals surface area contributed by atoms with Crippen LogP contribution in [0.25, 0.3) is 0 Å². The second kappa shape index (κ2) is 10.3. The van der Waals surface area contributed by atoms with Crippen molar-refractivity contribution in [3.63, 3.8) is 0 Å². The lowest BCUT2D eigenvalue weighted by atomic mass is 9.96. The number of nitrogens with one attached hydrogen (secondary N) is 1. The Morgan fingerprint density at radius 3 is 2.65 bits per heavy atom. The number of carbonyl (C=O) groups excluding carboxylic acids is 2. The molecule has 31 heavy (non-hydrogen) atoms. The van der Waals surface area contributed by atoms with Gasteiger partial charge in [-0.05, 0) is 57.3 Å². The molecule has 0 saturated carbocycles. The maximum atomic E-state index is 13.3. The van der Waals surface area contributed by atoms with Gasteiger partial charge in [-0.15, -0.1) is 0 Å². The summed E-state index contributed by atoms with van der Waals surface area (Å²) < 4.78 is 39.9. The second-order valence-electron chi connectivity index (χ2n) is 8.34. The highest BCUT2D eigenvalue weighted by Gasteiger charge is 2.37. The quantitative estimate of drug-likeness (QED) is 0.632. The Kier molecular flexibility index (Phi) is 7.74. The average Bonchev–Trinajstić information content (AvgIpc) is 2.76. The molecule has 2 saturated heterocycles. The molecule has 3 rings (SSSR count). The first-order chi connectivity index (χ1) is 14.8. The Balaban J connectivity index is 1.47. The number of nitrogens with zero attached hydrogens (tertiary/aromatic N) is 3. The van der Waals surface area contributed by atoms with Gasteiger partial charge in [-0.25, -0.2) is 4.98 Å². The van der Waals surface area contributed by atoms with Crippen molar-refractivity contribution >= 4 is 17.6 Å². The van der Waals surface area contributed by atoms with Gasteiger partial charge in [0.15, 0.2) is 0 Å². The smallest absolute Gasteiger partial charge is 0.369 e. The van der Waals surface area contributed by atoms with Gasteiger partial charge in [-0.2, -0.15) is 13.2 Å². The highest BCUT2D eigenvalue weighted by molar-refractivity contribution is 5.79. The Bertz CT molecular complexity index is 774. The fraction of sp³-hybridized carbons (Fsp3) is 0.667. The van der Waals surface area contributed by atoms with Crippen molar-refractivity contribution < 1.29 is 22.8 Å². The van der Waals surface area contributed by atoms with Crippen molar-refractivity contribution in [2.75, 3.05) is 44.2 Å². The van der Waals surface area contributed by atoms with Gasteiger partial charge in [-0.1, -0.05) is 0 Å². The number of rotatable bonds is 7. The van der Waals surface area contributed by atoms with Gasteiger partial charge < -0.3 is 20.9 Å². The van der Waals surface area contributed by atoms with Crippen LogP contribution in [0.15, 0.2) is 18.3 Å². The van der Waals surface area contributed by atoms with Crippen LogP contribution in [0.5, 0.6) is 0 Å². The van der Waals surface area contributed by atoms with E-state index in [2.05, 4.69) is 15.2 Å². The van der Waals surface area contributed by atoms with Crippen molar-refractivity contribution in [2.24, 2.45) is 17.6 Å². The fourth-order valence-corrected chi connectivity index (χ4v) is 4.40. The summed E-state index contributed by atoms with van der Waals surface area (Å²) in [4.78, 5) is 31.7. The summed E-state index contributed by atoms with van der Waals surface area (Å²) in [5.41, 5.74) is 4.63. The number of primary amides is 1. The summed E-state index contributed by atoms with van der Waals surface area (Å²) in [6, 6.07) is 2.30. The van der Waals surface area contributed by atoms with Gasteiger partial charge in [-0.3, -0.25) is 9.59 Å². The molecule has 172 valence electrons. The lowest BCUT2D eigenvalue weighted by Gasteiger charge is -2.34. The zero-order valence-corrected chi connectivity index (χ0v) is 17.5. The number of halogens is 3. The molecule has 2 aliphatic heterocycles. The number of likely N-dealkylation sites (tertiary alicyclic amines) is 1. The van der Waals surface area contributed by atoms with Crippen molar-refractivity contribution in [3.05, 3.63) is 23.9 Å². The lowest BCUT2D eigenvalue weighted by Crippen LogP contribution is -2.45. The number of alkyl halides is 3. The molecule has 1 aromatic rings. The molecule has 0 aromatic carbocycles. The zero-order chi connectivity index (χ0) is 22.4. The lowest BCUT2D eigenvalue weighted by molar-refractivity contribution is -0.137. The maximum absolute atomic E-state index is 13.3. The first-order valence-corrected chi connectivity index (χ1v) is 10.8. The van der Waals surface area contributed by atoms with Crippen LogP contribution in [0.1, 0.15) is 37.7 Å². The molecule has 1 aromatic heterocycles. The number of hydrogen-bond acceptors (Lipinski definition) is 5. The molecular formula is C21H30F3N5O2. The van der Waals surface area contributed by atoms with E-state index < -0.39 is 11.7 Å². The summed E-state index contributed by atoms with van der Waals surface area (Å²) in [7, 11) is 0. The first-order valence-electron chi connectivity index (χ1n) is 10.8. The monoisotopic (exact) mass is 441 g/mol. The summed E-state index contributed by atoms with van der Waals surface area (Å²) in [5.74, 6) is -0.985. The molecule has 3 heterocycles. The van der Waals surface area contributed by atoms with Crippen LogP contribution in [0.2, 0.25) is 0 Å². The minimum atomic E-state index is -4.49. The first kappa shape index (κ1) is 23.3. The third kappa shape index (κ3) is 6.32. The number of piperidine rings is 2. The summed E-state index contributed by atoms with van der Waals surface area (Å²) in [5, 5.41) is 2.92. The fourth-order valence-electron chi connectivity index (χ4n) is 4.40. The Morgan fingerprint density at radius 2 is 1.90 bits per heavy atom. The van der Waals surface area contributed by atoms with Crippen molar-refractivity contribution in [1.29, 1.82) is 0 Å². The van der Waals surface area contributed by atoms with Crippen LogP contribution in [0, 0.1) is 11.8 Å². The van der Waals surface area contributed by atoms with E-state index >= 15 is 0 Å². The molecule has 0 radical (unpaired) electrons. The van der Waals surface area contributed by atoms with Crippen LogP contribution < -0.4 is 16.0 Å².